The minimum Gasteiger partial charge on any atom is -0.369 e. The van der Waals surface area contributed by atoms with E-state index in [-0.39, 0.29) is 11.7 Å². The number of halogens is 1. The van der Waals surface area contributed by atoms with Gasteiger partial charge in [-0.3, -0.25) is 4.79 Å². The number of rotatable bonds is 6. The number of nitrogens with one attached hydrogen (secondary N) is 1. The zero-order valence-corrected chi connectivity index (χ0v) is 15.0. The first-order valence-electron chi connectivity index (χ1n) is 9.05. The summed E-state index contributed by atoms with van der Waals surface area (Å²) in [5, 5.41) is 11.3. The molecular formula is C19H24FN5O. The van der Waals surface area contributed by atoms with E-state index < -0.39 is 0 Å². The molecule has 0 radical (unpaired) electrons. The largest absolute Gasteiger partial charge is 0.369 e. The number of nitrogens with zero attached hydrogens (tertiary/aromatic N) is 4. The third-order valence-corrected chi connectivity index (χ3v) is 4.48. The van der Waals surface area contributed by atoms with Gasteiger partial charge in [-0.05, 0) is 42.8 Å². The van der Waals surface area contributed by atoms with Gasteiger partial charge in [-0.25, -0.2) is 4.39 Å². The van der Waals surface area contributed by atoms with Crippen LogP contribution in [0.4, 0.5) is 15.9 Å². The van der Waals surface area contributed by atoms with E-state index in [1.165, 1.54) is 12.1 Å². The lowest BCUT2D eigenvalue weighted by atomic mass is 10.2. The molecule has 1 amide bonds. The fourth-order valence-electron chi connectivity index (χ4n) is 2.92. The Morgan fingerprint density at radius 1 is 1.08 bits per heavy atom. The molecule has 1 aromatic heterocycles. The van der Waals surface area contributed by atoms with Gasteiger partial charge in [-0.1, -0.05) is 13.3 Å². The summed E-state index contributed by atoms with van der Waals surface area (Å²) in [6.45, 7) is 5.61. The van der Waals surface area contributed by atoms with E-state index in [0.29, 0.717) is 37.7 Å². The molecule has 0 aliphatic carbocycles. The monoisotopic (exact) mass is 357 g/mol. The van der Waals surface area contributed by atoms with Gasteiger partial charge in [0.2, 0.25) is 0 Å². The topological polar surface area (TPSA) is 61.4 Å². The molecule has 7 heteroatoms. The molecule has 1 aromatic carbocycles. The number of hydrogen-bond acceptors (Lipinski definition) is 5. The lowest BCUT2D eigenvalue weighted by Gasteiger charge is -2.35. The summed E-state index contributed by atoms with van der Waals surface area (Å²) in [6.07, 6.45) is 2.18. The maximum absolute atomic E-state index is 13.0. The van der Waals surface area contributed by atoms with Gasteiger partial charge in [0.1, 0.15) is 11.6 Å². The van der Waals surface area contributed by atoms with E-state index in [2.05, 4.69) is 27.3 Å². The van der Waals surface area contributed by atoms with Gasteiger partial charge >= 0.3 is 0 Å². The molecule has 2 aromatic rings. The van der Waals surface area contributed by atoms with Crippen molar-refractivity contribution in [1.29, 1.82) is 0 Å². The first kappa shape index (κ1) is 18.1. The molecular weight excluding hydrogens is 333 g/mol. The van der Waals surface area contributed by atoms with Crippen molar-refractivity contribution in [2.75, 3.05) is 42.9 Å². The van der Waals surface area contributed by atoms with Crippen molar-refractivity contribution in [3.05, 3.63) is 47.9 Å². The van der Waals surface area contributed by atoms with Gasteiger partial charge in [0.25, 0.3) is 5.91 Å². The molecule has 0 spiro atoms. The maximum Gasteiger partial charge on any atom is 0.274 e. The van der Waals surface area contributed by atoms with E-state index in [1.54, 1.807) is 29.2 Å². The molecule has 26 heavy (non-hydrogen) atoms. The second kappa shape index (κ2) is 8.60. The summed E-state index contributed by atoms with van der Waals surface area (Å²) < 4.78 is 13.0. The van der Waals surface area contributed by atoms with Gasteiger partial charge in [-0.2, -0.15) is 0 Å². The number of amides is 1. The summed E-state index contributed by atoms with van der Waals surface area (Å²) in [6, 6.07) is 9.96. The highest BCUT2D eigenvalue weighted by Crippen LogP contribution is 2.17. The molecule has 1 aliphatic heterocycles. The number of unbranched alkanes of at least 4 members (excludes halogenated alkanes) is 1. The molecule has 0 atom stereocenters. The summed E-state index contributed by atoms with van der Waals surface area (Å²) in [5.74, 6) is 0.348. The second-order valence-electron chi connectivity index (χ2n) is 6.34. The first-order chi connectivity index (χ1) is 12.7. The van der Waals surface area contributed by atoms with E-state index in [0.717, 1.165) is 25.1 Å². The van der Waals surface area contributed by atoms with Gasteiger partial charge in [-0.15, -0.1) is 10.2 Å². The van der Waals surface area contributed by atoms with E-state index in [1.807, 2.05) is 0 Å². The SMILES string of the molecule is CCCCNc1ccc(C(=O)N2CCN(c3ccc(F)cc3)CC2)nn1. The number of piperazine rings is 1. The predicted octanol–water partition coefficient (Wildman–Crippen LogP) is 2.79. The minimum absolute atomic E-state index is 0.101. The first-order valence-corrected chi connectivity index (χ1v) is 9.05. The Bertz CT molecular complexity index is 712. The molecule has 138 valence electrons. The fraction of sp³-hybridized carbons (Fsp3) is 0.421. The fourth-order valence-corrected chi connectivity index (χ4v) is 2.92. The second-order valence-corrected chi connectivity index (χ2v) is 6.34. The molecule has 1 N–H and O–H groups in total. The number of anilines is 2. The van der Waals surface area contributed by atoms with Crippen LogP contribution in [-0.2, 0) is 0 Å². The van der Waals surface area contributed by atoms with Crippen LogP contribution in [0, 0.1) is 5.82 Å². The lowest BCUT2D eigenvalue weighted by molar-refractivity contribution is 0.0739. The molecule has 6 nitrogen and oxygen atoms in total. The zero-order valence-electron chi connectivity index (χ0n) is 15.0. The van der Waals surface area contributed by atoms with Crippen LogP contribution in [0.15, 0.2) is 36.4 Å². The summed E-state index contributed by atoms with van der Waals surface area (Å²) in [5.41, 5.74) is 1.34. The molecule has 0 saturated carbocycles. The van der Waals surface area contributed by atoms with E-state index in [9.17, 15) is 9.18 Å². The Hall–Kier alpha value is -2.70. The lowest BCUT2D eigenvalue weighted by Crippen LogP contribution is -2.49. The number of carbonyl (C=O) groups is 1. The third-order valence-electron chi connectivity index (χ3n) is 4.48. The van der Waals surface area contributed by atoms with Crippen LogP contribution >= 0.6 is 0 Å². The minimum atomic E-state index is -0.242. The average Bonchev–Trinajstić information content (AvgIpc) is 2.69. The maximum atomic E-state index is 13.0. The number of aromatic nitrogens is 2. The van der Waals surface area contributed by atoms with Gasteiger partial charge < -0.3 is 15.1 Å². The predicted molar refractivity (Wildman–Crippen MR) is 99.9 cm³/mol. The van der Waals surface area contributed by atoms with Crippen molar-refractivity contribution < 1.29 is 9.18 Å². The average molecular weight is 357 g/mol. The van der Waals surface area contributed by atoms with Crippen LogP contribution in [0.1, 0.15) is 30.3 Å². The standard InChI is InChI=1S/C19H24FN5O/c1-2-3-10-21-18-9-8-17(22-23-18)19(26)25-13-11-24(12-14-25)16-6-4-15(20)5-7-16/h4-9H,2-3,10-14H2,1H3,(H,21,23). The van der Waals surface area contributed by atoms with Crippen molar-refractivity contribution in [3.8, 4) is 0 Å². The van der Waals surface area contributed by atoms with Crippen molar-refractivity contribution in [2.45, 2.75) is 19.8 Å². The van der Waals surface area contributed by atoms with Gasteiger partial charge in [0, 0.05) is 38.4 Å². The third kappa shape index (κ3) is 4.47. The van der Waals surface area contributed by atoms with Crippen LogP contribution in [0.3, 0.4) is 0 Å². The van der Waals surface area contributed by atoms with Crippen LogP contribution in [0.25, 0.3) is 0 Å². The summed E-state index contributed by atoms with van der Waals surface area (Å²) in [7, 11) is 0. The Morgan fingerprint density at radius 3 is 2.42 bits per heavy atom. The zero-order chi connectivity index (χ0) is 18.4. The molecule has 1 aliphatic rings. The highest BCUT2D eigenvalue weighted by atomic mass is 19.1. The number of carbonyl (C=O) groups excluding carboxylic acids is 1. The Balaban J connectivity index is 1.53. The molecule has 1 fully saturated rings. The van der Waals surface area contributed by atoms with Crippen molar-refractivity contribution in [3.63, 3.8) is 0 Å². The van der Waals surface area contributed by atoms with Gasteiger partial charge in [0.05, 0.1) is 0 Å². The van der Waals surface area contributed by atoms with E-state index >= 15 is 0 Å². The van der Waals surface area contributed by atoms with Crippen LogP contribution in [0.2, 0.25) is 0 Å². The molecule has 0 bridgehead atoms. The van der Waals surface area contributed by atoms with Crippen LogP contribution in [-0.4, -0.2) is 53.7 Å². The Morgan fingerprint density at radius 2 is 1.81 bits per heavy atom. The summed E-state index contributed by atoms with van der Waals surface area (Å²) >= 11 is 0. The molecule has 3 rings (SSSR count). The van der Waals surface area contributed by atoms with Crippen molar-refractivity contribution >= 4 is 17.4 Å². The van der Waals surface area contributed by atoms with Crippen LogP contribution in [0.5, 0.6) is 0 Å². The molecule has 2 heterocycles. The Kier molecular flexibility index (Phi) is 5.99. The van der Waals surface area contributed by atoms with Crippen molar-refractivity contribution in [1.82, 2.24) is 15.1 Å². The number of benzene rings is 1. The quantitative estimate of drug-likeness (QED) is 0.806. The highest BCUT2D eigenvalue weighted by Gasteiger charge is 2.23. The van der Waals surface area contributed by atoms with Crippen LogP contribution < -0.4 is 10.2 Å². The molecule has 0 unspecified atom stereocenters. The van der Waals surface area contributed by atoms with Gasteiger partial charge in [0.15, 0.2) is 5.69 Å². The molecule has 1 saturated heterocycles. The number of hydrogen-bond donors (Lipinski definition) is 1. The van der Waals surface area contributed by atoms with Crippen molar-refractivity contribution in [2.24, 2.45) is 0 Å². The highest BCUT2D eigenvalue weighted by molar-refractivity contribution is 5.92. The van der Waals surface area contributed by atoms with E-state index in [4.69, 9.17) is 0 Å². The normalized spacial score (nSPS) is 14.4. The Labute approximate surface area is 153 Å². The smallest absolute Gasteiger partial charge is 0.274 e. The summed E-state index contributed by atoms with van der Waals surface area (Å²) in [4.78, 5) is 16.5.